The average molecular weight is 301 g/mol. The minimum Gasteiger partial charge on any atom is -0.478 e. The molecule has 3 N–H and O–H groups in total. The number of aromatic carboxylic acids is 1. The number of hydrogen-bond donors (Lipinski definition) is 2. The highest BCUT2D eigenvalue weighted by Gasteiger charge is 2.16. The maximum absolute atomic E-state index is 11.1. The number of halogens is 1. The molecular formula is C11H13BrN2O3. The third kappa shape index (κ3) is 3.45. The van der Waals surface area contributed by atoms with Crippen molar-refractivity contribution in [1.29, 1.82) is 0 Å². The third-order valence-corrected chi connectivity index (χ3v) is 2.75. The molecule has 0 unspecified atom stereocenters. The molecule has 92 valence electrons. The Bertz CT molecular complexity index is 448. The summed E-state index contributed by atoms with van der Waals surface area (Å²) in [5.74, 6) is -1.53. The van der Waals surface area contributed by atoms with E-state index in [-0.39, 0.29) is 12.1 Å². The predicted molar refractivity (Wildman–Crippen MR) is 68.2 cm³/mol. The van der Waals surface area contributed by atoms with Gasteiger partial charge in [0.1, 0.15) is 0 Å². The number of carboxylic acid groups (broad SMARTS) is 1. The lowest BCUT2D eigenvalue weighted by Gasteiger charge is -2.23. The molecule has 1 rings (SSSR count). The number of carbonyl (C=O) groups excluding carboxylic acids is 1. The molecule has 0 bridgehead atoms. The summed E-state index contributed by atoms with van der Waals surface area (Å²) in [6.45, 7) is 2.33. The molecule has 0 aliphatic carbocycles. The van der Waals surface area contributed by atoms with Gasteiger partial charge in [0.05, 0.1) is 17.8 Å². The Hall–Kier alpha value is -1.56. The number of benzene rings is 1. The second kappa shape index (κ2) is 5.67. The summed E-state index contributed by atoms with van der Waals surface area (Å²) in [6, 6.07) is 4.88. The van der Waals surface area contributed by atoms with Crippen LogP contribution in [0.25, 0.3) is 0 Å². The summed E-state index contributed by atoms with van der Waals surface area (Å²) in [5, 5.41) is 9.10. The molecule has 0 radical (unpaired) electrons. The van der Waals surface area contributed by atoms with E-state index < -0.39 is 11.9 Å². The van der Waals surface area contributed by atoms with Crippen LogP contribution >= 0.6 is 15.9 Å². The Kier molecular flexibility index (Phi) is 4.51. The molecule has 17 heavy (non-hydrogen) atoms. The molecule has 0 atom stereocenters. The predicted octanol–water partition coefficient (Wildman–Crippen LogP) is 1.46. The third-order valence-electron chi connectivity index (χ3n) is 2.26. The van der Waals surface area contributed by atoms with E-state index in [1.165, 1.54) is 6.07 Å². The Labute approximate surface area is 107 Å². The minimum absolute atomic E-state index is 0.00158. The number of nitrogens with two attached hydrogens (primary N) is 1. The number of carbonyl (C=O) groups is 2. The number of carboxylic acids is 1. The van der Waals surface area contributed by atoms with Crippen molar-refractivity contribution in [2.75, 3.05) is 18.0 Å². The molecule has 0 heterocycles. The lowest BCUT2D eigenvalue weighted by Crippen LogP contribution is -2.34. The van der Waals surface area contributed by atoms with Gasteiger partial charge in [-0.1, -0.05) is 15.9 Å². The topological polar surface area (TPSA) is 83.6 Å². The molecule has 6 heteroatoms. The first-order valence-corrected chi connectivity index (χ1v) is 5.81. The van der Waals surface area contributed by atoms with Crippen LogP contribution in [0.4, 0.5) is 5.69 Å². The summed E-state index contributed by atoms with van der Waals surface area (Å²) in [5.41, 5.74) is 5.75. The van der Waals surface area contributed by atoms with E-state index in [4.69, 9.17) is 10.8 Å². The molecule has 0 saturated heterocycles. The molecule has 5 nitrogen and oxygen atoms in total. The monoisotopic (exact) mass is 300 g/mol. The van der Waals surface area contributed by atoms with Crippen molar-refractivity contribution in [3.8, 4) is 0 Å². The summed E-state index contributed by atoms with van der Waals surface area (Å²) < 4.78 is 0.675. The van der Waals surface area contributed by atoms with Crippen LogP contribution in [0.3, 0.4) is 0 Å². The average Bonchev–Trinajstić information content (AvgIpc) is 2.25. The van der Waals surface area contributed by atoms with Crippen LogP contribution in [0.1, 0.15) is 17.3 Å². The quantitative estimate of drug-likeness (QED) is 0.862. The highest BCUT2D eigenvalue weighted by atomic mass is 79.9. The van der Waals surface area contributed by atoms with Crippen molar-refractivity contribution >= 4 is 33.5 Å². The SMILES string of the molecule is CCN(CC(N)=O)c1ccc(Br)cc1C(=O)O. The largest absolute Gasteiger partial charge is 0.478 e. The van der Waals surface area contributed by atoms with E-state index in [0.29, 0.717) is 16.7 Å². The number of nitrogens with zero attached hydrogens (tertiary/aromatic N) is 1. The number of likely N-dealkylation sites (N-methyl/N-ethyl adjacent to an activating group) is 1. The van der Waals surface area contributed by atoms with Crippen molar-refractivity contribution in [3.05, 3.63) is 28.2 Å². The van der Waals surface area contributed by atoms with Gasteiger partial charge in [-0.3, -0.25) is 4.79 Å². The van der Waals surface area contributed by atoms with E-state index in [9.17, 15) is 9.59 Å². The fourth-order valence-electron chi connectivity index (χ4n) is 1.51. The van der Waals surface area contributed by atoms with Crippen LogP contribution in [0.15, 0.2) is 22.7 Å². The second-order valence-corrected chi connectivity index (χ2v) is 4.36. The van der Waals surface area contributed by atoms with E-state index in [0.717, 1.165) is 0 Å². The van der Waals surface area contributed by atoms with Gasteiger partial charge in [0.25, 0.3) is 0 Å². The van der Waals surface area contributed by atoms with Gasteiger partial charge >= 0.3 is 5.97 Å². The Morgan fingerprint density at radius 2 is 2.12 bits per heavy atom. The van der Waals surface area contributed by atoms with Crippen molar-refractivity contribution in [3.63, 3.8) is 0 Å². The molecule has 0 aromatic heterocycles. The van der Waals surface area contributed by atoms with E-state index >= 15 is 0 Å². The lowest BCUT2D eigenvalue weighted by atomic mass is 10.1. The van der Waals surface area contributed by atoms with Crippen molar-refractivity contribution in [2.24, 2.45) is 5.73 Å². The first kappa shape index (κ1) is 13.5. The molecule has 1 aromatic rings. The second-order valence-electron chi connectivity index (χ2n) is 3.45. The van der Waals surface area contributed by atoms with E-state index in [2.05, 4.69) is 15.9 Å². The molecule has 0 saturated carbocycles. The van der Waals surface area contributed by atoms with Crippen LogP contribution in [0.5, 0.6) is 0 Å². The smallest absolute Gasteiger partial charge is 0.337 e. The number of rotatable bonds is 5. The maximum Gasteiger partial charge on any atom is 0.337 e. The molecule has 0 aliphatic heterocycles. The zero-order chi connectivity index (χ0) is 13.0. The number of anilines is 1. The van der Waals surface area contributed by atoms with Crippen LogP contribution in [0, 0.1) is 0 Å². The zero-order valence-electron chi connectivity index (χ0n) is 9.31. The number of amides is 1. The fourth-order valence-corrected chi connectivity index (χ4v) is 1.87. The standard InChI is InChI=1S/C11H13BrN2O3/c1-2-14(6-10(13)15)9-4-3-7(12)5-8(9)11(16)17/h3-5H,2,6H2,1H3,(H2,13,15)(H,16,17). The Balaban J connectivity index is 3.18. The first-order valence-electron chi connectivity index (χ1n) is 5.01. The first-order chi connectivity index (χ1) is 7.95. The molecule has 0 spiro atoms. The highest BCUT2D eigenvalue weighted by molar-refractivity contribution is 9.10. The molecule has 1 aromatic carbocycles. The summed E-state index contributed by atoms with van der Waals surface area (Å²) in [4.78, 5) is 23.7. The van der Waals surface area contributed by atoms with Gasteiger partial charge in [0.2, 0.25) is 5.91 Å². The van der Waals surface area contributed by atoms with Crippen LogP contribution in [0.2, 0.25) is 0 Å². The number of primary amides is 1. The lowest BCUT2D eigenvalue weighted by molar-refractivity contribution is -0.116. The normalized spacial score (nSPS) is 10.0. The van der Waals surface area contributed by atoms with Crippen LogP contribution in [-0.4, -0.2) is 30.1 Å². The summed E-state index contributed by atoms with van der Waals surface area (Å²) in [7, 11) is 0. The summed E-state index contributed by atoms with van der Waals surface area (Å²) >= 11 is 3.21. The van der Waals surface area contributed by atoms with Gasteiger partial charge in [-0.15, -0.1) is 0 Å². The van der Waals surface area contributed by atoms with Gasteiger partial charge < -0.3 is 15.7 Å². The van der Waals surface area contributed by atoms with Gasteiger partial charge in [-0.2, -0.15) is 0 Å². The molecule has 0 aliphatic rings. The molecule has 1 amide bonds. The van der Waals surface area contributed by atoms with Gasteiger partial charge in [-0.25, -0.2) is 4.79 Å². The Morgan fingerprint density at radius 3 is 2.59 bits per heavy atom. The van der Waals surface area contributed by atoms with Crippen LogP contribution < -0.4 is 10.6 Å². The zero-order valence-corrected chi connectivity index (χ0v) is 10.9. The minimum atomic E-state index is -1.04. The highest BCUT2D eigenvalue weighted by Crippen LogP contribution is 2.24. The van der Waals surface area contributed by atoms with E-state index in [1.807, 2.05) is 6.92 Å². The maximum atomic E-state index is 11.1. The fraction of sp³-hybridized carbons (Fsp3) is 0.273. The van der Waals surface area contributed by atoms with E-state index in [1.54, 1.807) is 17.0 Å². The van der Waals surface area contributed by atoms with Gasteiger partial charge in [0, 0.05) is 11.0 Å². The molecule has 0 fully saturated rings. The summed E-state index contributed by atoms with van der Waals surface area (Å²) in [6.07, 6.45) is 0. The number of hydrogen-bond acceptors (Lipinski definition) is 3. The van der Waals surface area contributed by atoms with Crippen LogP contribution in [-0.2, 0) is 4.79 Å². The van der Waals surface area contributed by atoms with Crippen molar-refractivity contribution in [2.45, 2.75) is 6.92 Å². The Morgan fingerprint density at radius 1 is 1.47 bits per heavy atom. The van der Waals surface area contributed by atoms with Gasteiger partial charge in [-0.05, 0) is 25.1 Å². The van der Waals surface area contributed by atoms with Gasteiger partial charge in [0.15, 0.2) is 0 Å². The van der Waals surface area contributed by atoms with Crippen molar-refractivity contribution < 1.29 is 14.7 Å². The van der Waals surface area contributed by atoms with Crippen molar-refractivity contribution in [1.82, 2.24) is 0 Å². The molecular weight excluding hydrogens is 288 g/mol.